The number of aromatic nitrogens is 3. The van der Waals surface area contributed by atoms with Gasteiger partial charge in [-0.05, 0) is 32.4 Å². The topological polar surface area (TPSA) is 39.9 Å². The predicted octanol–water partition coefficient (Wildman–Crippen LogP) is 4.88. The van der Waals surface area contributed by atoms with E-state index in [0.717, 1.165) is 34.6 Å². The molecule has 4 nitrogen and oxygen atoms in total. The molecule has 0 spiro atoms. The van der Waals surface area contributed by atoms with E-state index in [9.17, 15) is 0 Å². The van der Waals surface area contributed by atoms with Gasteiger partial charge in [-0.25, -0.2) is 0 Å². The molecule has 1 aromatic heterocycles. The van der Waals surface area contributed by atoms with Crippen LogP contribution >= 0.6 is 11.8 Å². The number of hydrogen-bond donors (Lipinski definition) is 0. The maximum Gasteiger partial charge on any atom is 0.191 e. The van der Waals surface area contributed by atoms with E-state index in [1.54, 1.807) is 18.9 Å². The van der Waals surface area contributed by atoms with Crippen molar-refractivity contribution in [2.45, 2.75) is 38.2 Å². The smallest absolute Gasteiger partial charge is 0.191 e. The largest absolute Gasteiger partial charge is 0.496 e. The molecule has 25 heavy (non-hydrogen) atoms. The Hall–Kier alpha value is -2.27. The molecule has 0 bridgehead atoms. The van der Waals surface area contributed by atoms with E-state index in [1.807, 2.05) is 18.2 Å². The highest BCUT2D eigenvalue weighted by Crippen LogP contribution is 2.30. The summed E-state index contributed by atoms with van der Waals surface area (Å²) in [4.78, 5) is 0. The maximum atomic E-state index is 5.48. The van der Waals surface area contributed by atoms with Crippen LogP contribution in [-0.4, -0.2) is 21.9 Å². The van der Waals surface area contributed by atoms with E-state index in [1.165, 1.54) is 16.7 Å². The quantitative estimate of drug-likeness (QED) is 0.592. The highest BCUT2D eigenvalue weighted by molar-refractivity contribution is 7.98. The first-order chi connectivity index (χ1) is 12.1. The van der Waals surface area contributed by atoms with Crippen molar-refractivity contribution in [2.24, 2.45) is 0 Å². The molecule has 1 heterocycles. The molecule has 0 radical (unpaired) electrons. The van der Waals surface area contributed by atoms with E-state index >= 15 is 0 Å². The zero-order chi connectivity index (χ0) is 17.8. The molecule has 0 unspecified atom stereocenters. The number of nitrogens with zero attached hydrogens (tertiary/aromatic N) is 3. The van der Waals surface area contributed by atoms with Gasteiger partial charge in [-0.3, -0.25) is 0 Å². The fourth-order valence-electron chi connectivity index (χ4n) is 2.87. The Bertz CT molecular complexity index is 873. The van der Waals surface area contributed by atoms with Gasteiger partial charge in [0.15, 0.2) is 11.0 Å². The molecule has 0 aliphatic rings. The highest BCUT2D eigenvalue weighted by atomic mass is 32.2. The predicted molar refractivity (Wildman–Crippen MR) is 103 cm³/mol. The molecule has 3 rings (SSSR count). The summed E-state index contributed by atoms with van der Waals surface area (Å²) in [5, 5.41) is 9.82. The summed E-state index contributed by atoms with van der Waals surface area (Å²) >= 11 is 1.69. The van der Waals surface area contributed by atoms with Gasteiger partial charge in [-0.15, -0.1) is 10.2 Å². The zero-order valence-electron chi connectivity index (χ0n) is 15.1. The minimum absolute atomic E-state index is 0.802. The van der Waals surface area contributed by atoms with Crippen molar-refractivity contribution in [3.05, 3.63) is 59.2 Å². The zero-order valence-corrected chi connectivity index (χ0v) is 15.9. The number of aryl methyl sites for hydroxylation is 2. The first-order valence-corrected chi connectivity index (χ1v) is 9.38. The van der Waals surface area contributed by atoms with E-state index in [4.69, 9.17) is 4.74 Å². The molecule has 0 atom stereocenters. The second-order valence-electron chi connectivity index (χ2n) is 5.97. The Morgan fingerprint density at radius 2 is 1.88 bits per heavy atom. The van der Waals surface area contributed by atoms with Gasteiger partial charge >= 0.3 is 0 Å². The van der Waals surface area contributed by atoms with Crippen LogP contribution in [0.4, 0.5) is 0 Å². The van der Waals surface area contributed by atoms with Gasteiger partial charge in [0.2, 0.25) is 0 Å². The summed E-state index contributed by atoms with van der Waals surface area (Å²) in [5.74, 6) is 2.65. The Kier molecular flexibility index (Phi) is 5.43. The van der Waals surface area contributed by atoms with E-state index in [0.29, 0.717) is 0 Å². The lowest BCUT2D eigenvalue weighted by molar-refractivity contribution is 0.411. The van der Waals surface area contributed by atoms with Crippen LogP contribution in [-0.2, 0) is 12.3 Å². The van der Waals surface area contributed by atoms with Crippen molar-refractivity contribution < 1.29 is 4.74 Å². The number of ether oxygens (including phenoxy) is 1. The number of hydrogen-bond acceptors (Lipinski definition) is 4. The third-order valence-corrected chi connectivity index (χ3v) is 5.23. The molecule has 0 N–H and O–H groups in total. The van der Waals surface area contributed by atoms with Gasteiger partial charge in [0.1, 0.15) is 5.75 Å². The molecule has 0 amide bonds. The van der Waals surface area contributed by atoms with Crippen LogP contribution in [0.3, 0.4) is 0 Å². The average molecular weight is 353 g/mol. The molecule has 0 fully saturated rings. The lowest BCUT2D eigenvalue weighted by Crippen LogP contribution is -2.01. The number of thioether (sulfide) groups is 1. The summed E-state index contributed by atoms with van der Waals surface area (Å²) in [6.45, 7) is 7.17. The minimum atomic E-state index is 0.802. The Morgan fingerprint density at radius 1 is 1.08 bits per heavy atom. The van der Waals surface area contributed by atoms with E-state index in [-0.39, 0.29) is 0 Å². The number of benzene rings is 2. The fourth-order valence-corrected chi connectivity index (χ4v) is 3.85. The van der Waals surface area contributed by atoms with Crippen molar-refractivity contribution in [1.82, 2.24) is 14.8 Å². The van der Waals surface area contributed by atoms with Crippen LogP contribution in [0.15, 0.2) is 47.6 Å². The van der Waals surface area contributed by atoms with Crippen LogP contribution in [0.1, 0.15) is 23.6 Å². The van der Waals surface area contributed by atoms with Crippen molar-refractivity contribution >= 4 is 11.8 Å². The van der Waals surface area contributed by atoms with E-state index in [2.05, 4.69) is 59.8 Å². The molecular weight excluding hydrogens is 330 g/mol. The monoisotopic (exact) mass is 353 g/mol. The van der Waals surface area contributed by atoms with Crippen molar-refractivity contribution in [3.8, 4) is 17.1 Å². The van der Waals surface area contributed by atoms with Gasteiger partial charge in [0.05, 0.1) is 7.11 Å². The Labute approximate surface area is 153 Å². The molecule has 2 aromatic carbocycles. The van der Waals surface area contributed by atoms with Crippen LogP contribution in [0.25, 0.3) is 11.4 Å². The molecule has 3 aromatic rings. The molecule has 5 heteroatoms. The van der Waals surface area contributed by atoms with Gasteiger partial charge in [0.25, 0.3) is 0 Å². The highest BCUT2D eigenvalue weighted by Gasteiger charge is 2.15. The summed E-state index contributed by atoms with van der Waals surface area (Å²) in [6, 6.07) is 14.6. The summed E-state index contributed by atoms with van der Waals surface area (Å²) in [5.41, 5.74) is 4.75. The van der Waals surface area contributed by atoms with Gasteiger partial charge in [-0.1, -0.05) is 53.7 Å². The van der Waals surface area contributed by atoms with E-state index < -0.39 is 0 Å². The summed E-state index contributed by atoms with van der Waals surface area (Å²) in [7, 11) is 1.71. The van der Waals surface area contributed by atoms with Crippen LogP contribution in [0.2, 0.25) is 0 Å². The van der Waals surface area contributed by atoms with Crippen molar-refractivity contribution in [3.63, 3.8) is 0 Å². The SMILES string of the molecule is CCn1c(SCc2cc(C)ccc2OC)nnc1-c1ccccc1C. The summed E-state index contributed by atoms with van der Waals surface area (Å²) in [6.07, 6.45) is 0. The first-order valence-electron chi connectivity index (χ1n) is 8.39. The standard InChI is InChI=1S/C20H23N3OS/c1-5-23-19(17-9-7-6-8-15(17)3)21-22-20(23)25-13-16-12-14(2)10-11-18(16)24-4/h6-12H,5,13H2,1-4H3. The molecule has 130 valence electrons. The number of methoxy groups -OCH3 is 1. The average Bonchev–Trinajstić information content (AvgIpc) is 3.03. The third kappa shape index (κ3) is 3.71. The molecule has 0 saturated heterocycles. The van der Waals surface area contributed by atoms with Crippen molar-refractivity contribution in [2.75, 3.05) is 7.11 Å². The minimum Gasteiger partial charge on any atom is -0.496 e. The lowest BCUT2D eigenvalue weighted by atomic mass is 10.1. The van der Waals surface area contributed by atoms with Crippen LogP contribution in [0.5, 0.6) is 5.75 Å². The van der Waals surface area contributed by atoms with Crippen LogP contribution < -0.4 is 4.74 Å². The summed E-state index contributed by atoms with van der Waals surface area (Å²) < 4.78 is 7.66. The van der Waals surface area contributed by atoms with Gasteiger partial charge in [0, 0.05) is 23.4 Å². The first kappa shape index (κ1) is 17.5. The Balaban J connectivity index is 1.87. The van der Waals surface area contributed by atoms with Crippen LogP contribution in [0, 0.1) is 13.8 Å². The second-order valence-corrected chi connectivity index (χ2v) is 6.91. The third-order valence-electron chi connectivity index (χ3n) is 4.21. The molecular formula is C20H23N3OS. The second kappa shape index (κ2) is 7.74. The lowest BCUT2D eigenvalue weighted by Gasteiger charge is -2.11. The fraction of sp³-hybridized carbons (Fsp3) is 0.300. The van der Waals surface area contributed by atoms with Gasteiger partial charge < -0.3 is 9.30 Å². The van der Waals surface area contributed by atoms with Crippen molar-refractivity contribution in [1.29, 1.82) is 0 Å². The molecule has 0 aliphatic heterocycles. The normalized spacial score (nSPS) is 10.9. The Morgan fingerprint density at radius 3 is 2.60 bits per heavy atom. The molecule has 0 aliphatic carbocycles. The molecule has 0 saturated carbocycles. The van der Waals surface area contributed by atoms with Gasteiger partial charge in [-0.2, -0.15) is 0 Å². The number of rotatable bonds is 6. The maximum absolute atomic E-state index is 5.48.